The Hall–Kier alpha value is -1.70. The van der Waals surface area contributed by atoms with Crippen LogP contribution in [0.25, 0.3) is 0 Å². The molecule has 8 heteroatoms. The van der Waals surface area contributed by atoms with Crippen molar-refractivity contribution in [3.8, 4) is 0 Å². The highest BCUT2D eigenvalue weighted by molar-refractivity contribution is 9.10. The predicted molar refractivity (Wildman–Crippen MR) is 71.0 cm³/mol. The molecule has 2 aromatic rings. The van der Waals surface area contributed by atoms with E-state index in [4.69, 9.17) is 0 Å². The molecular formula is C12H10BrF3N4. The summed E-state index contributed by atoms with van der Waals surface area (Å²) in [7, 11) is 0. The highest BCUT2D eigenvalue weighted by Gasteiger charge is 2.33. The highest BCUT2D eigenvalue weighted by Crippen LogP contribution is 2.28. The maximum Gasteiger partial charge on any atom is 0.433 e. The van der Waals surface area contributed by atoms with E-state index in [0.29, 0.717) is 0 Å². The van der Waals surface area contributed by atoms with Crippen LogP contribution < -0.4 is 5.32 Å². The fourth-order valence-corrected chi connectivity index (χ4v) is 1.94. The van der Waals surface area contributed by atoms with Gasteiger partial charge in [-0.05, 0) is 40.5 Å². The van der Waals surface area contributed by atoms with Crippen LogP contribution in [0, 0.1) is 6.92 Å². The van der Waals surface area contributed by atoms with Gasteiger partial charge in [-0.2, -0.15) is 13.2 Å². The van der Waals surface area contributed by atoms with Crippen molar-refractivity contribution in [3.63, 3.8) is 0 Å². The maximum absolute atomic E-state index is 12.6. The molecule has 0 saturated heterocycles. The van der Waals surface area contributed by atoms with E-state index in [1.807, 2.05) is 0 Å². The van der Waals surface area contributed by atoms with Crippen molar-refractivity contribution >= 4 is 21.9 Å². The Morgan fingerprint density at radius 2 is 1.95 bits per heavy atom. The molecule has 2 aromatic heterocycles. The topological polar surface area (TPSA) is 50.7 Å². The second kappa shape index (κ2) is 5.74. The van der Waals surface area contributed by atoms with E-state index in [2.05, 4.69) is 36.2 Å². The standard InChI is InChI=1S/C12H10BrF3N4/c1-7-2-10(12(14,15)16)20-11(19-7)18-5-8-3-9(13)6-17-4-8/h2-4,6H,5H2,1H3,(H,18,19,20). The zero-order chi connectivity index (χ0) is 14.8. The average molecular weight is 347 g/mol. The molecule has 0 fully saturated rings. The SMILES string of the molecule is Cc1cc(C(F)(F)F)nc(NCc2cncc(Br)c2)n1. The van der Waals surface area contributed by atoms with E-state index >= 15 is 0 Å². The van der Waals surface area contributed by atoms with Gasteiger partial charge in [0.15, 0.2) is 0 Å². The van der Waals surface area contributed by atoms with Gasteiger partial charge in [0, 0.05) is 29.1 Å². The molecule has 0 aromatic carbocycles. The molecule has 0 aliphatic carbocycles. The van der Waals surface area contributed by atoms with Crippen LogP contribution in [-0.4, -0.2) is 15.0 Å². The van der Waals surface area contributed by atoms with Crippen molar-refractivity contribution in [2.24, 2.45) is 0 Å². The van der Waals surface area contributed by atoms with Crippen LogP contribution in [0.2, 0.25) is 0 Å². The van der Waals surface area contributed by atoms with Gasteiger partial charge in [-0.3, -0.25) is 4.98 Å². The molecule has 0 aliphatic rings. The fraction of sp³-hybridized carbons (Fsp3) is 0.250. The number of halogens is 4. The van der Waals surface area contributed by atoms with Crippen molar-refractivity contribution in [2.45, 2.75) is 19.6 Å². The molecule has 0 amide bonds. The summed E-state index contributed by atoms with van der Waals surface area (Å²) in [6.07, 6.45) is -1.26. The summed E-state index contributed by atoms with van der Waals surface area (Å²) in [6.45, 7) is 1.77. The maximum atomic E-state index is 12.6. The van der Waals surface area contributed by atoms with Crippen LogP contribution in [0.1, 0.15) is 17.0 Å². The Bertz CT molecular complexity index is 616. The van der Waals surface area contributed by atoms with Crippen molar-refractivity contribution in [1.82, 2.24) is 15.0 Å². The van der Waals surface area contributed by atoms with Crippen molar-refractivity contribution in [1.29, 1.82) is 0 Å². The largest absolute Gasteiger partial charge is 0.433 e. The second-order valence-corrected chi connectivity index (χ2v) is 5.00. The first-order chi connectivity index (χ1) is 9.34. The Morgan fingerprint density at radius 1 is 1.20 bits per heavy atom. The lowest BCUT2D eigenvalue weighted by Gasteiger charge is -2.10. The average Bonchev–Trinajstić information content (AvgIpc) is 2.35. The van der Waals surface area contributed by atoms with Gasteiger partial charge >= 0.3 is 6.18 Å². The Morgan fingerprint density at radius 3 is 2.60 bits per heavy atom. The Kier molecular flexibility index (Phi) is 4.22. The highest BCUT2D eigenvalue weighted by atomic mass is 79.9. The molecular weight excluding hydrogens is 337 g/mol. The lowest BCUT2D eigenvalue weighted by Crippen LogP contribution is -2.12. The van der Waals surface area contributed by atoms with E-state index in [1.165, 1.54) is 6.92 Å². The van der Waals surface area contributed by atoms with Gasteiger partial charge in [0.05, 0.1) is 0 Å². The summed E-state index contributed by atoms with van der Waals surface area (Å²) < 4.78 is 38.7. The third-order valence-electron chi connectivity index (χ3n) is 2.36. The van der Waals surface area contributed by atoms with Gasteiger partial charge in [-0.1, -0.05) is 0 Å². The number of aromatic nitrogens is 3. The molecule has 0 atom stereocenters. The summed E-state index contributed by atoms with van der Waals surface area (Å²) in [5.74, 6) is -0.0581. The molecule has 0 saturated carbocycles. The summed E-state index contributed by atoms with van der Waals surface area (Å²) in [4.78, 5) is 11.4. The summed E-state index contributed by atoms with van der Waals surface area (Å²) in [6, 6.07) is 2.71. The number of alkyl halides is 3. The molecule has 0 radical (unpaired) electrons. The molecule has 2 heterocycles. The number of pyridine rings is 1. The van der Waals surface area contributed by atoms with Gasteiger partial charge in [0.1, 0.15) is 5.69 Å². The van der Waals surface area contributed by atoms with E-state index in [0.717, 1.165) is 16.1 Å². The number of rotatable bonds is 3. The van der Waals surface area contributed by atoms with Crippen LogP contribution in [0.3, 0.4) is 0 Å². The number of aryl methyl sites for hydroxylation is 1. The molecule has 0 aliphatic heterocycles. The fourth-order valence-electron chi connectivity index (χ4n) is 1.53. The quantitative estimate of drug-likeness (QED) is 0.922. The van der Waals surface area contributed by atoms with Gasteiger partial charge < -0.3 is 5.32 Å². The molecule has 0 bridgehead atoms. The van der Waals surface area contributed by atoms with Crippen molar-refractivity contribution in [3.05, 3.63) is 46.0 Å². The van der Waals surface area contributed by atoms with Crippen LogP contribution >= 0.6 is 15.9 Å². The smallest absolute Gasteiger partial charge is 0.350 e. The Balaban J connectivity index is 2.16. The molecule has 4 nitrogen and oxygen atoms in total. The molecule has 0 unspecified atom stereocenters. The summed E-state index contributed by atoms with van der Waals surface area (Å²) >= 11 is 3.27. The predicted octanol–water partition coefficient (Wildman–Crippen LogP) is 3.57. The van der Waals surface area contributed by atoms with Gasteiger partial charge in [0.2, 0.25) is 5.95 Å². The first kappa shape index (κ1) is 14.7. The number of nitrogens with zero attached hydrogens (tertiary/aromatic N) is 3. The van der Waals surface area contributed by atoms with Crippen LogP contribution in [0.4, 0.5) is 19.1 Å². The molecule has 1 N–H and O–H groups in total. The van der Waals surface area contributed by atoms with Gasteiger partial charge in [0.25, 0.3) is 0 Å². The normalized spacial score (nSPS) is 11.4. The van der Waals surface area contributed by atoms with Crippen LogP contribution in [-0.2, 0) is 12.7 Å². The monoisotopic (exact) mass is 346 g/mol. The number of hydrogen-bond acceptors (Lipinski definition) is 4. The molecule has 20 heavy (non-hydrogen) atoms. The lowest BCUT2D eigenvalue weighted by atomic mass is 10.3. The molecule has 2 rings (SSSR count). The van der Waals surface area contributed by atoms with Crippen LogP contribution in [0.5, 0.6) is 0 Å². The first-order valence-electron chi connectivity index (χ1n) is 5.61. The zero-order valence-corrected chi connectivity index (χ0v) is 12.0. The van der Waals surface area contributed by atoms with Crippen LogP contribution in [0.15, 0.2) is 29.0 Å². The number of hydrogen-bond donors (Lipinski definition) is 1. The van der Waals surface area contributed by atoms with E-state index in [9.17, 15) is 13.2 Å². The van der Waals surface area contributed by atoms with E-state index < -0.39 is 11.9 Å². The lowest BCUT2D eigenvalue weighted by molar-refractivity contribution is -0.141. The number of anilines is 1. The van der Waals surface area contributed by atoms with Crippen molar-refractivity contribution in [2.75, 3.05) is 5.32 Å². The minimum absolute atomic E-state index is 0.0581. The Labute approximate surface area is 121 Å². The van der Waals surface area contributed by atoms with E-state index in [1.54, 1.807) is 18.5 Å². The summed E-state index contributed by atoms with van der Waals surface area (Å²) in [5, 5.41) is 2.76. The third kappa shape index (κ3) is 3.89. The third-order valence-corrected chi connectivity index (χ3v) is 2.79. The first-order valence-corrected chi connectivity index (χ1v) is 6.40. The number of nitrogens with one attached hydrogen (secondary N) is 1. The molecule has 0 spiro atoms. The second-order valence-electron chi connectivity index (χ2n) is 4.08. The minimum Gasteiger partial charge on any atom is -0.350 e. The minimum atomic E-state index is -4.48. The van der Waals surface area contributed by atoms with E-state index in [-0.39, 0.29) is 18.2 Å². The zero-order valence-electron chi connectivity index (χ0n) is 10.4. The molecule has 106 valence electrons. The van der Waals surface area contributed by atoms with Gasteiger partial charge in [-0.25, -0.2) is 9.97 Å². The van der Waals surface area contributed by atoms with Crippen molar-refractivity contribution < 1.29 is 13.2 Å². The van der Waals surface area contributed by atoms with Gasteiger partial charge in [-0.15, -0.1) is 0 Å². The summed E-state index contributed by atoms with van der Waals surface area (Å²) in [5.41, 5.74) is 0.0973.